The molecule has 104 valence electrons. The Bertz CT molecular complexity index is 629. The molecule has 0 saturated heterocycles. The van der Waals surface area contributed by atoms with Crippen molar-refractivity contribution in [3.05, 3.63) is 46.2 Å². The fourth-order valence-electron chi connectivity index (χ4n) is 2.27. The van der Waals surface area contributed by atoms with Crippen LogP contribution in [0.2, 0.25) is 0 Å². The maximum Gasteiger partial charge on any atom is 0.170 e. The van der Waals surface area contributed by atoms with Gasteiger partial charge in [-0.15, -0.1) is 11.3 Å². The maximum atomic E-state index is 12.0. The van der Waals surface area contributed by atoms with Crippen molar-refractivity contribution in [3.63, 3.8) is 0 Å². The third-order valence-corrected chi connectivity index (χ3v) is 4.04. The van der Waals surface area contributed by atoms with Crippen LogP contribution in [0, 0.1) is 0 Å². The lowest BCUT2D eigenvalue weighted by Crippen LogP contribution is -2.35. The first-order valence-corrected chi connectivity index (χ1v) is 7.43. The minimum absolute atomic E-state index is 0.126. The summed E-state index contributed by atoms with van der Waals surface area (Å²) in [5, 5.41) is 2.02. The monoisotopic (exact) mass is 288 g/mol. The van der Waals surface area contributed by atoms with E-state index in [0.717, 1.165) is 5.75 Å². The summed E-state index contributed by atoms with van der Waals surface area (Å²) < 4.78 is 11.6. The van der Waals surface area contributed by atoms with E-state index in [4.69, 9.17) is 9.47 Å². The Morgan fingerprint density at radius 3 is 2.95 bits per heavy atom. The number of rotatable bonds is 3. The van der Waals surface area contributed by atoms with Gasteiger partial charge >= 0.3 is 0 Å². The van der Waals surface area contributed by atoms with Gasteiger partial charge in [0, 0.05) is 10.9 Å². The highest BCUT2D eigenvalue weighted by atomic mass is 32.1. The number of ketones is 1. The Balaban J connectivity index is 1.80. The van der Waals surface area contributed by atoms with Crippen molar-refractivity contribution < 1.29 is 14.3 Å². The second-order valence-electron chi connectivity index (χ2n) is 5.49. The van der Waals surface area contributed by atoms with Crippen LogP contribution in [-0.4, -0.2) is 11.4 Å². The predicted octanol–water partition coefficient (Wildman–Crippen LogP) is 4.07. The fourth-order valence-corrected chi connectivity index (χ4v) is 2.89. The average Bonchev–Trinajstić information content (AvgIpc) is 2.87. The molecule has 1 aromatic carbocycles. The molecule has 0 N–H and O–H groups in total. The lowest BCUT2D eigenvalue weighted by molar-refractivity contribution is 0.0618. The van der Waals surface area contributed by atoms with E-state index in [-0.39, 0.29) is 5.78 Å². The second-order valence-corrected chi connectivity index (χ2v) is 6.52. The van der Waals surface area contributed by atoms with Crippen molar-refractivity contribution in [1.29, 1.82) is 0 Å². The van der Waals surface area contributed by atoms with E-state index in [1.54, 1.807) is 17.4 Å². The minimum atomic E-state index is -0.448. The van der Waals surface area contributed by atoms with Crippen molar-refractivity contribution in [3.8, 4) is 11.5 Å². The SMILES string of the molecule is CC1(C)CC(=O)c2ccc(OCc3cccs3)cc2O1. The number of fused-ring (bicyclic) bond motifs is 1. The fraction of sp³-hybridized carbons (Fsp3) is 0.312. The molecule has 0 unspecified atom stereocenters. The van der Waals surface area contributed by atoms with Gasteiger partial charge in [0.1, 0.15) is 23.7 Å². The third kappa shape index (κ3) is 2.70. The van der Waals surface area contributed by atoms with Gasteiger partial charge in [-0.25, -0.2) is 0 Å². The average molecular weight is 288 g/mol. The molecule has 3 nitrogen and oxygen atoms in total. The molecule has 1 aliphatic rings. The van der Waals surface area contributed by atoms with Crippen LogP contribution in [0.1, 0.15) is 35.5 Å². The zero-order chi connectivity index (χ0) is 14.2. The molecule has 0 radical (unpaired) electrons. The van der Waals surface area contributed by atoms with E-state index in [1.807, 2.05) is 43.5 Å². The number of Topliss-reactive ketones (excluding diaryl/α,β-unsaturated/α-hetero) is 1. The largest absolute Gasteiger partial charge is 0.488 e. The van der Waals surface area contributed by atoms with Crippen LogP contribution in [0.15, 0.2) is 35.7 Å². The first-order valence-electron chi connectivity index (χ1n) is 6.55. The van der Waals surface area contributed by atoms with Crippen LogP contribution in [0.25, 0.3) is 0 Å². The smallest absolute Gasteiger partial charge is 0.170 e. The molecular weight excluding hydrogens is 272 g/mol. The molecule has 0 amide bonds. The molecule has 2 aromatic rings. The van der Waals surface area contributed by atoms with Gasteiger partial charge in [-0.1, -0.05) is 6.07 Å². The molecule has 0 aliphatic carbocycles. The molecule has 0 spiro atoms. The number of benzene rings is 1. The van der Waals surface area contributed by atoms with Crippen LogP contribution < -0.4 is 9.47 Å². The molecule has 0 atom stereocenters. The zero-order valence-electron chi connectivity index (χ0n) is 11.5. The lowest BCUT2D eigenvalue weighted by Gasteiger charge is -2.31. The molecule has 0 bridgehead atoms. The van der Waals surface area contributed by atoms with Gasteiger partial charge < -0.3 is 9.47 Å². The maximum absolute atomic E-state index is 12.0. The van der Waals surface area contributed by atoms with E-state index < -0.39 is 5.60 Å². The molecule has 1 aromatic heterocycles. The summed E-state index contributed by atoms with van der Waals surface area (Å²) in [4.78, 5) is 13.2. The second kappa shape index (κ2) is 4.94. The summed E-state index contributed by atoms with van der Waals surface area (Å²) in [5.74, 6) is 1.47. The Hall–Kier alpha value is -1.81. The van der Waals surface area contributed by atoms with Crippen LogP contribution in [0.3, 0.4) is 0 Å². The van der Waals surface area contributed by atoms with Crippen LogP contribution in [0.5, 0.6) is 11.5 Å². The van der Waals surface area contributed by atoms with E-state index >= 15 is 0 Å². The summed E-state index contributed by atoms with van der Waals surface area (Å²) >= 11 is 1.66. The van der Waals surface area contributed by atoms with Gasteiger partial charge in [-0.3, -0.25) is 4.79 Å². The Labute approximate surface area is 122 Å². The summed E-state index contributed by atoms with van der Waals surface area (Å²) in [6.07, 6.45) is 0.412. The molecule has 4 heteroatoms. The normalized spacial score (nSPS) is 16.4. The number of thiophene rings is 1. The molecule has 1 aliphatic heterocycles. The van der Waals surface area contributed by atoms with Gasteiger partial charge in [-0.2, -0.15) is 0 Å². The Morgan fingerprint density at radius 1 is 1.35 bits per heavy atom. The summed E-state index contributed by atoms with van der Waals surface area (Å²) in [6, 6.07) is 9.46. The van der Waals surface area contributed by atoms with Gasteiger partial charge in [-0.05, 0) is 37.4 Å². The van der Waals surface area contributed by atoms with Crippen molar-refractivity contribution in [2.45, 2.75) is 32.5 Å². The van der Waals surface area contributed by atoms with Gasteiger partial charge in [0.15, 0.2) is 5.78 Å². The van der Waals surface area contributed by atoms with Crippen molar-refractivity contribution >= 4 is 17.1 Å². The standard InChI is InChI=1S/C16H16O3S/c1-16(2)9-14(17)13-6-5-11(8-15(13)19-16)18-10-12-4-3-7-20-12/h3-8H,9-10H2,1-2H3. The Kier molecular flexibility index (Phi) is 3.26. The topological polar surface area (TPSA) is 35.5 Å². The number of hydrogen-bond acceptors (Lipinski definition) is 4. The highest BCUT2D eigenvalue weighted by Gasteiger charge is 2.32. The van der Waals surface area contributed by atoms with Gasteiger partial charge in [0.2, 0.25) is 0 Å². The summed E-state index contributed by atoms with van der Waals surface area (Å²) in [7, 11) is 0. The zero-order valence-corrected chi connectivity index (χ0v) is 12.3. The molecule has 0 saturated carbocycles. The highest BCUT2D eigenvalue weighted by Crippen LogP contribution is 2.35. The Morgan fingerprint density at radius 2 is 2.20 bits per heavy atom. The third-order valence-electron chi connectivity index (χ3n) is 3.19. The predicted molar refractivity (Wildman–Crippen MR) is 78.7 cm³/mol. The van der Waals surface area contributed by atoms with Gasteiger partial charge in [0.25, 0.3) is 0 Å². The van der Waals surface area contributed by atoms with Gasteiger partial charge in [0.05, 0.1) is 12.0 Å². The van der Waals surface area contributed by atoms with Crippen LogP contribution in [0.4, 0.5) is 0 Å². The molecule has 2 heterocycles. The number of ether oxygens (including phenoxy) is 2. The molecule has 0 fully saturated rings. The van der Waals surface area contributed by atoms with E-state index in [1.165, 1.54) is 4.88 Å². The number of hydrogen-bond donors (Lipinski definition) is 0. The number of carbonyl (C=O) groups is 1. The van der Waals surface area contributed by atoms with E-state index in [9.17, 15) is 4.79 Å². The lowest BCUT2D eigenvalue weighted by atomic mass is 9.93. The highest BCUT2D eigenvalue weighted by molar-refractivity contribution is 7.09. The minimum Gasteiger partial charge on any atom is -0.488 e. The molecule has 20 heavy (non-hydrogen) atoms. The van der Waals surface area contributed by atoms with Crippen LogP contribution in [-0.2, 0) is 6.61 Å². The summed E-state index contributed by atoms with van der Waals surface area (Å²) in [5.41, 5.74) is 0.198. The first kappa shape index (κ1) is 13.2. The summed E-state index contributed by atoms with van der Waals surface area (Å²) in [6.45, 7) is 4.38. The molecular formula is C16H16O3S. The molecule has 3 rings (SSSR count). The van der Waals surface area contributed by atoms with Crippen molar-refractivity contribution in [2.24, 2.45) is 0 Å². The van der Waals surface area contributed by atoms with E-state index in [2.05, 4.69) is 0 Å². The first-order chi connectivity index (χ1) is 9.53. The van der Waals surface area contributed by atoms with Crippen LogP contribution >= 0.6 is 11.3 Å². The van der Waals surface area contributed by atoms with E-state index in [0.29, 0.717) is 24.3 Å². The van der Waals surface area contributed by atoms with Crippen molar-refractivity contribution in [2.75, 3.05) is 0 Å². The number of carbonyl (C=O) groups excluding carboxylic acids is 1. The van der Waals surface area contributed by atoms with Crippen molar-refractivity contribution in [1.82, 2.24) is 0 Å². The quantitative estimate of drug-likeness (QED) is 0.854.